The summed E-state index contributed by atoms with van der Waals surface area (Å²) in [5.41, 5.74) is 0.514. The summed E-state index contributed by atoms with van der Waals surface area (Å²) < 4.78 is 50.4. The van der Waals surface area contributed by atoms with Crippen molar-refractivity contribution in [2.45, 2.75) is 26.1 Å². The molecule has 1 aliphatic rings. The highest BCUT2D eigenvalue weighted by Gasteiger charge is 2.49. The quantitative estimate of drug-likeness (QED) is 0.206. The molecule has 1 N–H and O–H groups in total. The number of aliphatic hydroxyl groups excluding tert-OH is 1. The molecule has 31 heavy (non-hydrogen) atoms. The maximum atomic E-state index is 13.5. The second kappa shape index (κ2) is 10.1. The van der Waals surface area contributed by atoms with E-state index in [-0.39, 0.29) is 36.0 Å². The van der Waals surface area contributed by atoms with Gasteiger partial charge in [0.2, 0.25) is 11.4 Å². The van der Waals surface area contributed by atoms with Crippen molar-refractivity contribution >= 4 is 23.6 Å². The van der Waals surface area contributed by atoms with Gasteiger partial charge in [-0.3, -0.25) is 0 Å². The molecule has 1 aromatic carbocycles. The van der Waals surface area contributed by atoms with Crippen LogP contribution in [-0.4, -0.2) is 66.7 Å². The second-order valence-electron chi connectivity index (χ2n) is 6.59. The van der Waals surface area contributed by atoms with E-state index in [1.165, 1.54) is 13.1 Å². The third-order valence-corrected chi connectivity index (χ3v) is 4.89. The van der Waals surface area contributed by atoms with Crippen molar-refractivity contribution in [1.29, 1.82) is 0 Å². The first kappa shape index (κ1) is 24.5. The lowest BCUT2D eigenvalue weighted by Gasteiger charge is -2.29. The summed E-state index contributed by atoms with van der Waals surface area (Å²) >= 11 is 6.16. The predicted molar refractivity (Wildman–Crippen MR) is 102 cm³/mol. The molecule has 0 radical (unpaired) electrons. The molecule has 2 rings (SSSR count). The number of alkyl halides is 3. The fraction of sp³-hybridized carbons (Fsp3) is 0.500. The molecule has 172 valence electrons. The maximum absolute atomic E-state index is 13.5. The van der Waals surface area contributed by atoms with Crippen molar-refractivity contribution in [3.63, 3.8) is 0 Å². The van der Waals surface area contributed by atoms with Gasteiger partial charge in [0.15, 0.2) is 6.61 Å². The molecule has 1 aliphatic heterocycles. The Morgan fingerprint density at radius 1 is 1.42 bits per heavy atom. The van der Waals surface area contributed by atoms with Gasteiger partial charge in [-0.15, -0.1) is 5.01 Å². The van der Waals surface area contributed by atoms with Gasteiger partial charge < -0.3 is 24.6 Å². The fourth-order valence-corrected chi connectivity index (χ4v) is 2.84. The van der Waals surface area contributed by atoms with Crippen LogP contribution in [0, 0.1) is 19.1 Å². The summed E-state index contributed by atoms with van der Waals surface area (Å²) in [4.78, 5) is 17.0. The number of rotatable bonds is 8. The van der Waals surface area contributed by atoms with Crippen molar-refractivity contribution in [1.82, 2.24) is 5.01 Å². The lowest BCUT2D eigenvalue weighted by atomic mass is 9.96. The minimum absolute atomic E-state index is 0.00274. The van der Waals surface area contributed by atoms with Crippen LogP contribution in [0.1, 0.15) is 16.7 Å². The number of carbonyl (C=O) groups excluding carboxylic acids is 1. The van der Waals surface area contributed by atoms with E-state index in [0.29, 0.717) is 16.1 Å². The van der Waals surface area contributed by atoms with Crippen LogP contribution in [0.5, 0.6) is 5.75 Å². The zero-order valence-corrected chi connectivity index (χ0v) is 17.7. The number of halogens is 4. The first-order valence-electron chi connectivity index (χ1n) is 9.01. The average Bonchev–Trinajstić information content (AvgIpc) is 2.70. The summed E-state index contributed by atoms with van der Waals surface area (Å²) in [7, 11) is 1.34. The number of fused-ring (bicyclic) bond motifs is 1. The molecule has 13 heteroatoms. The Morgan fingerprint density at radius 3 is 2.71 bits per heavy atom. The van der Waals surface area contributed by atoms with E-state index in [0.717, 1.165) is 11.1 Å². The third kappa shape index (κ3) is 5.91. The minimum Gasteiger partial charge on any atom is -0.569 e. The van der Waals surface area contributed by atoms with E-state index >= 15 is 0 Å². The Kier molecular flexibility index (Phi) is 7.96. The van der Waals surface area contributed by atoms with Gasteiger partial charge >= 0.3 is 12.1 Å². The number of hydrazine groups is 1. The Bertz CT molecular complexity index is 891. The molecular weight excluding hydrogens is 447 g/mol. The summed E-state index contributed by atoms with van der Waals surface area (Å²) in [6, 6.07) is 1.37. The number of benzene rings is 1. The van der Waals surface area contributed by atoms with Crippen LogP contribution in [0.2, 0.25) is 5.02 Å². The molecule has 0 aromatic heterocycles. The van der Waals surface area contributed by atoms with Crippen molar-refractivity contribution in [3.8, 4) is 5.75 Å². The molecule has 0 unspecified atom stereocenters. The summed E-state index contributed by atoms with van der Waals surface area (Å²) in [5.74, 6) is -1.30. The van der Waals surface area contributed by atoms with Crippen LogP contribution in [0.25, 0.3) is 6.08 Å². The highest BCUT2D eigenvalue weighted by atomic mass is 35.5. The number of aliphatic hydroxyl groups is 1. The van der Waals surface area contributed by atoms with E-state index in [1.54, 1.807) is 13.8 Å². The van der Waals surface area contributed by atoms with Crippen LogP contribution in [0.15, 0.2) is 16.9 Å². The number of likely N-dealkylation sites (N-methyl/N-ethyl adjacent to an activating group) is 1. The van der Waals surface area contributed by atoms with Gasteiger partial charge in [-0.25, -0.2) is 4.79 Å². The second-order valence-corrected chi connectivity index (χ2v) is 6.97. The molecular formula is C18H21ClF3N3O6. The molecule has 0 aliphatic carbocycles. The predicted octanol–water partition coefficient (Wildman–Crippen LogP) is 2.94. The molecule has 1 atom stereocenters. The van der Waals surface area contributed by atoms with Crippen molar-refractivity contribution < 1.29 is 42.4 Å². The van der Waals surface area contributed by atoms with Crippen LogP contribution in [0.4, 0.5) is 13.2 Å². The van der Waals surface area contributed by atoms with Crippen LogP contribution in [-0.2, 0) is 14.4 Å². The molecule has 0 amide bonds. The van der Waals surface area contributed by atoms with Crippen molar-refractivity contribution in [3.05, 3.63) is 38.6 Å². The van der Waals surface area contributed by atoms with Gasteiger partial charge in [-0.05, 0) is 37.1 Å². The SMILES string of the molecule is Cc1cc2c(c(C)c1Cl)C=C(C(=O)OCCO/N=[N+](\[O-])N(C)CCO)[C@@H](C(F)(F)F)O2. The van der Waals surface area contributed by atoms with E-state index in [9.17, 15) is 23.2 Å². The molecule has 0 saturated carbocycles. The number of carbonyl (C=O) groups is 1. The number of esters is 1. The Hall–Kier alpha value is -2.73. The van der Waals surface area contributed by atoms with Gasteiger partial charge in [0, 0.05) is 10.6 Å². The Labute approximate surface area is 180 Å². The van der Waals surface area contributed by atoms with Gasteiger partial charge in [0.1, 0.15) is 12.4 Å². The topological polar surface area (TPSA) is 107 Å². The third-order valence-electron chi connectivity index (χ3n) is 4.30. The summed E-state index contributed by atoms with van der Waals surface area (Å²) in [5, 5.41) is 24.6. The monoisotopic (exact) mass is 467 g/mol. The molecule has 1 heterocycles. The van der Waals surface area contributed by atoms with E-state index in [2.05, 4.69) is 10.1 Å². The first-order valence-corrected chi connectivity index (χ1v) is 9.39. The number of ether oxygens (including phenoxy) is 2. The van der Waals surface area contributed by atoms with E-state index in [4.69, 9.17) is 26.2 Å². The maximum Gasteiger partial charge on any atom is 0.430 e. The zero-order valence-electron chi connectivity index (χ0n) is 16.9. The molecule has 0 saturated heterocycles. The van der Waals surface area contributed by atoms with E-state index < -0.39 is 30.4 Å². The van der Waals surface area contributed by atoms with Crippen LogP contribution >= 0.6 is 11.6 Å². The largest absolute Gasteiger partial charge is 0.569 e. The van der Waals surface area contributed by atoms with Crippen LogP contribution in [0.3, 0.4) is 0 Å². The van der Waals surface area contributed by atoms with Gasteiger partial charge in [0.05, 0.1) is 30.7 Å². The standard InChI is InChI=1S/C18H21ClF3N3O6/c1-10-8-14-12(11(2)15(10)19)9-13(16(31-14)18(20,21)22)17(27)29-6-7-30-23-25(28)24(3)4-5-26/h8-9,16,26H,4-7H2,1-3H3/b25-23-/t16-/m0/s1. The number of aryl methyl sites for hydroxylation is 1. The highest BCUT2D eigenvalue weighted by molar-refractivity contribution is 6.32. The number of nitrogens with zero attached hydrogens (tertiary/aromatic N) is 3. The average molecular weight is 468 g/mol. The molecule has 9 nitrogen and oxygen atoms in total. The first-order chi connectivity index (χ1) is 14.5. The smallest absolute Gasteiger partial charge is 0.430 e. The lowest BCUT2D eigenvalue weighted by Crippen LogP contribution is -2.41. The summed E-state index contributed by atoms with van der Waals surface area (Å²) in [6.45, 7) is 2.09. The fourth-order valence-electron chi connectivity index (χ4n) is 2.68. The minimum atomic E-state index is -4.86. The highest BCUT2D eigenvalue weighted by Crippen LogP contribution is 2.41. The van der Waals surface area contributed by atoms with Gasteiger partial charge in [0.25, 0.3) is 0 Å². The van der Waals surface area contributed by atoms with E-state index in [1.807, 2.05) is 0 Å². The zero-order chi connectivity index (χ0) is 23.3. The number of hydrogen-bond donors (Lipinski definition) is 1. The molecule has 0 bridgehead atoms. The van der Waals surface area contributed by atoms with Crippen molar-refractivity contribution in [2.75, 3.05) is 33.4 Å². The van der Waals surface area contributed by atoms with Gasteiger partial charge in [-0.1, -0.05) is 11.6 Å². The summed E-state index contributed by atoms with van der Waals surface area (Å²) in [6.07, 6.45) is -6.33. The van der Waals surface area contributed by atoms with Crippen LogP contribution < -0.4 is 4.74 Å². The molecule has 0 fully saturated rings. The lowest BCUT2D eigenvalue weighted by molar-refractivity contribution is -0.705. The van der Waals surface area contributed by atoms with Crippen molar-refractivity contribution in [2.24, 2.45) is 5.28 Å². The van der Waals surface area contributed by atoms with Gasteiger partial charge in [-0.2, -0.15) is 13.2 Å². The molecule has 1 aromatic rings. The molecule has 0 spiro atoms. The Balaban J connectivity index is 2.12. The normalized spacial score (nSPS) is 16.2. The Morgan fingerprint density at radius 2 is 2.10 bits per heavy atom. The number of hydrogen-bond acceptors (Lipinski definition) is 7.